The van der Waals surface area contributed by atoms with Gasteiger partial charge in [-0.25, -0.2) is 8.42 Å². The Bertz CT molecular complexity index is 529. The van der Waals surface area contributed by atoms with Gasteiger partial charge in [0.25, 0.3) is 0 Å². The minimum Gasteiger partial charge on any atom is -0.399 e. The molecule has 1 unspecified atom stereocenters. The number of nitrogens with zero attached hydrogens (tertiary/aromatic N) is 2. The van der Waals surface area contributed by atoms with Gasteiger partial charge >= 0.3 is 0 Å². The Hall–Kier alpha value is -1.11. The van der Waals surface area contributed by atoms with Crippen molar-refractivity contribution in [1.29, 1.82) is 0 Å². The van der Waals surface area contributed by atoms with Gasteiger partial charge < -0.3 is 10.6 Å². The molecule has 0 spiro atoms. The fraction of sp³-hybridized carbons (Fsp3) is 0.571. The molecule has 114 valence electrons. The Morgan fingerprint density at radius 2 is 1.95 bits per heavy atom. The molecule has 0 saturated carbocycles. The summed E-state index contributed by atoms with van der Waals surface area (Å²) >= 11 is 0. The fourth-order valence-electron chi connectivity index (χ4n) is 2.38. The lowest BCUT2D eigenvalue weighted by Crippen LogP contribution is -2.44. The largest absolute Gasteiger partial charge is 0.399 e. The zero-order chi connectivity index (χ0) is 15.3. The Morgan fingerprint density at radius 1 is 1.30 bits per heavy atom. The van der Waals surface area contributed by atoms with E-state index in [0.717, 1.165) is 5.56 Å². The SMILES string of the molecule is CCN(C(C)CN(C)C)S(=O)(=O)Cc1cccc(N)c1. The minimum absolute atomic E-state index is 0.0103. The predicted molar refractivity (Wildman–Crippen MR) is 83.9 cm³/mol. The number of anilines is 1. The fourth-order valence-corrected chi connectivity index (χ4v) is 4.15. The van der Waals surface area contributed by atoms with Crippen LogP contribution in [0.15, 0.2) is 24.3 Å². The van der Waals surface area contributed by atoms with E-state index in [2.05, 4.69) is 0 Å². The molecular formula is C14H25N3O2S. The van der Waals surface area contributed by atoms with Crippen molar-refractivity contribution in [3.8, 4) is 0 Å². The van der Waals surface area contributed by atoms with Gasteiger partial charge in [-0.3, -0.25) is 0 Å². The molecule has 0 aliphatic heterocycles. The van der Waals surface area contributed by atoms with Gasteiger partial charge in [-0.2, -0.15) is 4.31 Å². The normalized spacial score (nSPS) is 13.9. The van der Waals surface area contributed by atoms with Crippen LogP contribution in [0.5, 0.6) is 0 Å². The Labute approximate surface area is 122 Å². The Kier molecular flexibility index (Phi) is 5.98. The highest BCUT2D eigenvalue weighted by atomic mass is 32.2. The summed E-state index contributed by atoms with van der Waals surface area (Å²) in [5, 5.41) is 0. The van der Waals surface area contributed by atoms with Gasteiger partial charge in [0.05, 0.1) is 5.75 Å². The Morgan fingerprint density at radius 3 is 2.45 bits per heavy atom. The van der Waals surface area contributed by atoms with Gasteiger partial charge in [-0.05, 0) is 38.7 Å². The van der Waals surface area contributed by atoms with E-state index in [-0.39, 0.29) is 11.8 Å². The first-order valence-corrected chi connectivity index (χ1v) is 8.36. The lowest BCUT2D eigenvalue weighted by Gasteiger charge is -2.29. The van der Waals surface area contributed by atoms with Gasteiger partial charge in [0.1, 0.15) is 0 Å². The molecule has 0 aliphatic carbocycles. The van der Waals surface area contributed by atoms with Crippen LogP contribution in [0.4, 0.5) is 5.69 Å². The maximum absolute atomic E-state index is 12.5. The zero-order valence-corrected chi connectivity index (χ0v) is 13.5. The quantitative estimate of drug-likeness (QED) is 0.772. The standard InChI is InChI=1S/C14H25N3O2S/c1-5-17(12(2)10-16(3)4)20(18,19)11-13-7-6-8-14(15)9-13/h6-9,12H,5,10-11,15H2,1-4H3. The van der Waals surface area contributed by atoms with Crippen LogP contribution in [0.25, 0.3) is 0 Å². The van der Waals surface area contributed by atoms with Crippen LogP contribution in [-0.2, 0) is 15.8 Å². The number of nitrogen functional groups attached to an aromatic ring is 1. The van der Waals surface area contributed by atoms with Crippen molar-refractivity contribution in [2.24, 2.45) is 0 Å². The molecule has 1 aromatic carbocycles. The number of benzene rings is 1. The van der Waals surface area contributed by atoms with Crippen LogP contribution in [-0.4, -0.2) is 50.8 Å². The van der Waals surface area contributed by atoms with Crippen LogP contribution >= 0.6 is 0 Å². The number of hydrogen-bond donors (Lipinski definition) is 1. The molecule has 0 fully saturated rings. The third-order valence-corrected chi connectivity index (χ3v) is 5.12. The van der Waals surface area contributed by atoms with E-state index in [4.69, 9.17) is 5.73 Å². The van der Waals surface area contributed by atoms with Gasteiger partial charge in [0.15, 0.2) is 0 Å². The topological polar surface area (TPSA) is 66.6 Å². The molecule has 0 aromatic heterocycles. The molecule has 20 heavy (non-hydrogen) atoms. The summed E-state index contributed by atoms with van der Waals surface area (Å²) in [5.74, 6) is -0.0103. The average Bonchev–Trinajstić information content (AvgIpc) is 2.27. The van der Waals surface area contributed by atoms with Crippen molar-refractivity contribution in [1.82, 2.24) is 9.21 Å². The predicted octanol–water partition coefficient (Wildman–Crippen LogP) is 1.37. The summed E-state index contributed by atoms with van der Waals surface area (Å²) in [6, 6.07) is 6.98. The molecule has 1 aromatic rings. The summed E-state index contributed by atoms with van der Waals surface area (Å²) < 4.78 is 26.6. The van der Waals surface area contributed by atoms with Crippen molar-refractivity contribution < 1.29 is 8.42 Å². The van der Waals surface area contributed by atoms with Crippen LogP contribution < -0.4 is 5.73 Å². The molecule has 2 N–H and O–H groups in total. The lowest BCUT2D eigenvalue weighted by molar-refractivity contribution is 0.271. The molecular weight excluding hydrogens is 274 g/mol. The first kappa shape index (κ1) is 16.9. The van der Waals surface area contributed by atoms with E-state index >= 15 is 0 Å². The zero-order valence-electron chi connectivity index (χ0n) is 12.7. The third kappa shape index (κ3) is 4.77. The highest BCUT2D eigenvalue weighted by Crippen LogP contribution is 2.16. The third-order valence-electron chi connectivity index (χ3n) is 3.09. The smallest absolute Gasteiger partial charge is 0.218 e. The molecule has 0 aliphatic rings. The first-order chi connectivity index (χ1) is 9.26. The second-order valence-corrected chi connectivity index (χ2v) is 7.24. The number of sulfonamides is 1. The van der Waals surface area contributed by atoms with Crippen LogP contribution in [0.1, 0.15) is 19.4 Å². The van der Waals surface area contributed by atoms with Crippen LogP contribution in [0, 0.1) is 0 Å². The molecule has 0 saturated heterocycles. The van der Waals surface area contributed by atoms with E-state index in [0.29, 0.717) is 18.8 Å². The maximum atomic E-state index is 12.5. The van der Waals surface area contributed by atoms with E-state index in [1.165, 1.54) is 0 Å². The second kappa shape index (κ2) is 7.06. The van der Waals surface area contributed by atoms with E-state index < -0.39 is 10.0 Å². The summed E-state index contributed by atoms with van der Waals surface area (Å²) in [7, 11) is 0.543. The van der Waals surface area contributed by atoms with Gasteiger partial charge in [-0.15, -0.1) is 0 Å². The van der Waals surface area contributed by atoms with Crippen LogP contribution in [0.3, 0.4) is 0 Å². The molecule has 1 rings (SSSR count). The summed E-state index contributed by atoms with van der Waals surface area (Å²) in [6.07, 6.45) is 0. The van der Waals surface area contributed by atoms with Crippen molar-refractivity contribution in [2.75, 3.05) is 32.9 Å². The molecule has 6 heteroatoms. The lowest BCUT2D eigenvalue weighted by atomic mass is 10.2. The van der Waals surface area contributed by atoms with Crippen molar-refractivity contribution in [3.05, 3.63) is 29.8 Å². The number of rotatable bonds is 7. The van der Waals surface area contributed by atoms with Crippen molar-refractivity contribution in [3.63, 3.8) is 0 Å². The average molecular weight is 299 g/mol. The highest BCUT2D eigenvalue weighted by molar-refractivity contribution is 7.88. The number of likely N-dealkylation sites (N-methyl/N-ethyl adjacent to an activating group) is 2. The van der Waals surface area contributed by atoms with Crippen molar-refractivity contribution >= 4 is 15.7 Å². The highest BCUT2D eigenvalue weighted by Gasteiger charge is 2.26. The number of nitrogens with two attached hydrogens (primary N) is 1. The van der Waals surface area contributed by atoms with Gasteiger partial charge in [0, 0.05) is 24.8 Å². The Balaban J connectivity index is 2.90. The summed E-state index contributed by atoms with van der Waals surface area (Å²) in [5.41, 5.74) is 7.00. The molecule has 5 nitrogen and oxygen atoms in total. The van der Waals surface area contributed by atoms with Gasteiger partial charge in [-0.1, -0.05) is 19.1 Å². The molecule has 1 atom stereocenters. The van der Waals surface area contributed by atoms with E-state index in [1.807, 2.05) is 32.8 Å². The van der Waals surface area contributed by atoms with Crippen molar-refractivity contribution in [2.45, 2.75) is 25.6 Å². The monoisotopic (exact) mass is 299 g/mol. The van der Waals surface area contributed by atoms with E-state index in [1.54, 1.807) is 28.6 Å². The molecule has 0 heterocycles. The number of hydrogen-bond acceptors (Lipinski definition) is 4. The second-order valence-electron chi connectivity index (χ2n) is 5.32. The first-order valence-electron chi connectivity index (χ1n) is 6.75. The molecule has 0 amide bonds. The van der Waals surface area contributed by atoms with E-state index in [9.17, 15) is 8.42 Å². The summed E-state index contributed by atoms with van der Waals surface area (Å²) in [6.45, 7) is 4.97. The maximum Gasteiger partial charge on any atom is 0.218 e. The van der Waals surface area contributed by atoms with Crippen LogP contribution in [0.2, 0.25) is 0 Å². The summed E-state index contributed by atoms with van der Waals surface area (Å²) in [4.78, 5) is 1.99. The van der Waals surface area contributed by atoms with Gasteiger partial charge in [0.2, 0.25) is 10.0 Å². The molecule has 0 bridgehead atoms. The minimum atomic E-state index is -3.34. The molecule has 0 radical (unpaired) electrons.